The first-order valence-electron chi connectivity index (χ1n) is 7.34. The molecule has 3 aromatic rings. The Kier molecular flexibility index (Phi) is 4.74. The summed E-state index contributed by atoms with van der Waals surface area (Å²) in [6.07, 6.45) is 0. The van der Waals surface area contributed by atoms with Crippen LogP contribution in [-0.4, -0.2) is 5.91 Å². The van der Waals surface area contributed by atoms with E-state index >= 15 is 0 Å². The number of amides is 1. The van der Waals surface area contributed by atoms with Crippen molar-refractivity contribution in [3.63, 3.8) is 0 Å². The number of carbonyl (C=O) groups is 1. The van der Waals surface area contributed by atoms with Crippen LogP contribution in [0, 0.1) is 6.92 Å². The van der Waals surface area contributed by atoms with E-state index in [0.717, 1.165) is 22.6 Å². The molecule has 0 bridgehead atoms. The molecule has 1 heterocycles. The standard InChI is InChI=1S/C19H17NO2S/c1-14-6-5-9-17(10-14)22-12-15-11-18(23-13-15)19(21)20-16-7-3-2-4-8-16/h2-11,13H,12H2,1H3,(H,20,21). The molecule has 1 amide bonds. The van der Waals surface area contributed by atoms with Gasteiger partial charge in [0, 0.05) is 11.3 Å². The number of thiophene rings is 1. The van der Waals surface area contributed by atoms with Gasteiger partial charge in [0.05, 0.1) is 4.88 Å². The maximum Gasteiger partial charge on any atom is 0.265 e. The molecule has 0 saturated carbocycles. The lowest BCUT2D eigenvalue weighted by molar-refractivity contribution is 0.103. The Morgan fingerprint density at radius 1 is 1.09 bits per heavy atom. The van der Waals surface area contributed by atoms with Gasteiger partial charge in [0.1, 0.15) is 12.4 Å². The van der Waals surface area contributed by atoms with Crippen molar-refractivity contribution in [1.82, 2.24) is 0 Å². The minimum atomic E-state index is -0.0944. The van der Waals surface area contributed by atoms with E-state index in [-0.39, 0.29) is 5.91 Å². The van der Waals surface area contributed by atoms with Gasteiger partial charge in [-0.05, 0) is 48.2 Å². The van der Waals surface area contributed by atoms with Crippen LogP contribution >= 0.6 is 11.3 Å². The maximum absolute atomic E-state index is 12.2. The molecule has 3 nitrogen and oxygen atoms in total. The summed E-state index contributed by atoms with van der Waals surface area (Å²) in [6.45, 7) is 2.49. The largest absolute Gasteiger partial charge is 0.489 e. The number of rotatable bonds is 5. The highest BCUT2D eigenvalue weighted by atomic mass is 32.1. The number of benzene rings is 2. The third-order valence-electron chi connectivity index (χ3n) is 3.30. The van der Waals surface area contributed by atoms with Gasteiger partial charge in [-0.1, -0.05) is 30.3 Å². The lowest BCUT2D eigenvalue weighted by Gasteiger charge is -2.05. The number of para-hydroxylation sites is 1. The van der Waals surface area contributed by atoms with Gasteiger partial charge in [-0.3, -0.25) is 4.79 Å². The van der Waals surface area contributed by atoms with E-state index in [0.29, 0.717) is 11.5 Å². The monoisotopic (exact) mass is 323 g/mol. The van der Waals surface area contributed by atoms with Crippen molar-refractivity contribution in [1.29, 1.82) is 0 Å². The maximum atomic E-state index is 12.2. The molecular formula is C19H17NO2S. The molecule has 23 heavy (non-hydrogen) atoms. The SMILES string of the molecule is Cc1cccc(OCc2csc(C(=O)Nc3ccccc3)c2)c1. The van der Waals surface area contributed by atoms with Crippen molar-refractivity contribution < 1.29 is 9.53 Å². The van der Waals surface area contributed by atoms with Crippen molar-refractivity contribution in [2.45, 2.75) is 13.5 Å². The minimum Gasteiger partial charge on any atom is -0.489 e. The zero-order valence-electron chi connectivity index (χ0n) is 12.8. The molecule has 1 N–H and O–H groups in total. The second-order valence-corrected chi connectivity index (χ2v) is 6.16. The van der Waals surface area contributed by atoms with E-state index in [9.17, 15) is 4.79 Å². The zero-order chi connectivity index (χ0) is 16.1. The van der Waals surface area contributed by atoms with Crippen LogP contribution < -0.4 is 10.1 Å². The van der Waals surface area contributed by atoms with Crippen LogP contribution in [-0.2, 0) is 6.61 Å². The number of anilines is 1. The molecule has 0 saturated heterocycles. The summed E-state index contributed by atoms with van der Waals surface area (Å²) >= 11 is 1.42. The third-order valence-corrected chi connectivity index (χ3v) is 4.28. The first kappa shape index (κ1) is 15.3. The normalized spacial score (nSPS) is 10.3. The quantitative estimate of drug-likeness (QED) is 0.726. The van der Waals surface area contributed by atoms with E-state index in [4.69, 9.17) is 4.74 Å². The Morgan fingerprint density at radius 3 is 2.70 bits per heavy atom. The molecule has 0 aliphatic rings. The molecule has 3 rings (SSSR count). The fourth-order valence-electron chi connectivity index (χ4n) is 2.16. The third kappa shape index (κ3) is 4.20. The molecular weight excluding hydrogens is 306 g/mol. The van der Waals surface area contributed by atoms with E-state index in [1.807, 2.05) is 73.0 Å². The molecule has 2 aromatic carbocycles. The molecule has 0 spiro atoms. The molecule has 0 aliphatic heterocycles. The van der Waals surface area contributed by atoms with Gasteiger partial charge in [0.2, 0.25) is 0 Å². The molecule has 0 atom stereocenters. The lowest BCUT2D eigenvalue weighted by atomic mass is 10.2. The summed E-state index contributed by atoms with van der Waals surface area (Å²) in [5.41, 5.74) is 2.95. The predicted octanol–water partition coefficient (Wildman–Crippen LogP) is 4.89. The first-order chi connectivity index (χ1) is 11.2. The first-order valence-corrected chi connectivity index (χ1v) is 8.22. The smallest absolute Gasteiger partial charge is 0.265 e. The van der Waals surface area contributed by atoms with Crippen LogP contribution in [0.4, 0.5) is 5.69 Å². The summed E-state index contributed by atoms with van der Waals surface area (Å²) in [5.74, 6) is 0.745. The summed E-state index contributed by atoms with van der Waals surface area (Å²) in [7, 11) is 0. The van der Waals surface area contributed by atoms with Gasteiger partial charge < -0.3 is 10.1 Å². The number of nitrogens with one attached hydrogen (secondary N) is 1. The van der Waals surface area contributed by atoms with E-state index in [2.05, 4.69) is 5.32 Å². The van der Waals surface area contributed by atoms with Gasteiger partial charge in [0.15, 0.2) is 0 Å². The summed E-state index contributed by atoms with van der Waals surface area (Å²) in [4.78, 5) is 12.9. The molecule has 0 fully saturated rings. The fourth-order valence-corrected chi connectivity index (χ4v) is 2.95. The Balaban J connectivity index is 1.60. The summed E-state index contributed by atoms with van der Waals surface area (Å²) < 4.78 is 5.76. The lowest BCUT2D eigenvalue weighted by Crippen LogP contribution is -2.09. The fraction of sp³-hybridized carbons (Fsp3) is 0.105. The van der Waals surface area contributed by atoms with E-state index < -0.39 is 0 Å². The molecule has 116 valence electrons. The Morgan fingerprint density at radius 2 is 1.91 bits per heavy atom. The van der Waals surface area contributed by atoms with Gasteiger partial charge >= 0.3 is 0 Å². The molecule has 0 unspecified atom stereocenters. The average molecular weight is 323 g/mol. The zero-order valence-corrected chi connectivity index (χ0v) is 13.6. The van der Waals surface area contributed by atoms with Crippen molar-refractivity contribution >= 4 is 22.9 Å². The Labute approximate surface area is 139 Å². The van der Waals surface area contributed by atoms with Crippen molar-refractivity contribution in [2.75, 3.05) is 5.32 Å². The highest BCUT2D eigenvalue weighted by molar-refractivity contribution is 7.12. The number of aryl methyl sites for hydroxylation is 1. The van der Waals surface area contributed by atoms with E-state index in [1.165, 1.54) is 11.3 Å². The van der Waals surface area contributed by atoms with Crippen LogP contribution in [0.5, 0.6) is 5.75 Å². The predicted molar refractivity (Wildman–Crippen MR) is 94.2 cm³/mol. The van der Waals surface area contributed by atoms with Crippen LogP contribution in [0.1, 0.15) is 20.8 Å². The second kappa shape index (κ2) is 7.11. The molecule has 0 aliphatic carbocycles. The number of hydrogen-bond acceptors (Lipinski definition) is 3. The van der Waals surface area contributed by atoms with Crippen LogP contribution in [0.2, 0.25) is 0 Å². The summed E-state index contributed by atoms with van der Waals surface area (Å²) in [6, 6.07) is 19.2. The van der Waals surface area contributed by atoms with Crippen molar-refractivity contribution in [3.05, 3.63) is 82.0 Å². The van der Waals surface area contributed by atoms with Crippen molar-refractivity contribution in [3.8, 4) is 5.75 Å². The van der Waals surface area contributed by atoms with Gasteiger partial charge in [0.25, 0.3) is 5.91 Å². The Bertz CT molecular complexity index is 796. The highest BCUT2D eigenvalue weighted by Gasteiger charge is 2.09. The molecule has 4 heteroatoms. The Hall–Kier alpha value is -2.59. The van der Waals surface area contributed by atoms with Crippen molar-refractivity contribution in [2.24, 2.45) is 0 Å². The van der Waals surface area contributed by atoms with Crippen LogP contribution in [0.15, 0.2) is 66.0 Å². The highest BCUT2D eigenvalue weighted by Crippen LogP contribution is 2.20. The van der Waals surface area contributed by atoms with Gasteiger partial charge in [-0.2, -0.15) is 0 Å². The number of hydrogen-bond donors (Lipinski definition) is 1. The molecule has 0 radical (unpaired) electrons. The average Bonchev–Trinajstić information content (AvgIpc) is 3.03. The number of ether oxygens (including phenoxy) is 1. The van der Waals surface area contributed by atoms with Gasteiger partial charge in [-0.25, -0.2) is 0 Å². The second-order valence-electron chi connectivity index (χ2n) is 5.24. The van der Waals surface area contributed by atoms with E-state index in [1.54, 1.807) is 0 Å². The van der Waals surface area contributed by atoms with Gasteiger partial charge in [-0.15, -0.1) is 11.3 Å². The number of carbonyl (C=O) groups excluding carboxylic acids is 1. The topological polar surface area (TPSA) is 38.3 Å². The molecule has 1 aromatic heterocycles. The minimum absolute atomic E-state index is 0.0944. The summed E-state index contributed by atoms with van der Waals surface area (Å²) in [5, 5.41) is 4.84. The van der Waals surface area contributed by atoms with Crippen LogP contribution in [0.3, 0.4) is 0 Å². The van der Waals surface area contributed by atoms with Crippen LogP contribution in [0.25, 0.3) is 0 Å².